The van der Waals surface area contributed by atoms with Gasteiger partial charge in [0.25, 0.3) is 0 Å². The van der Waals surface area contributed by atoms with Gasteiger partial charge in [0.1, 0.15) is 0 Å². The van der Waals surface area contributed by atoms with E-state index in [2.05, 4.69) is 6.08 Å². The van der Waals surface area contributed by atoms with Crippen LogP contribution >= 0.6 is 26.0 Å². The fourth-order valence-electron chi connectivity index (χ4n) is 5.38. The highest BCUT2D eigenvalue weighted by Crippen LogP contribution is 2.56. The smallest absolute Gasteiger partial charge is 0.172 e. The predicted molar refractivity (Wildman–Crippen MR) is 176 cm³/mol. The molecule has 5 heteroatoms. The normalized spacial score (nSPS) is 14.7. The van der Waals surface area contributed by atoms with Gasteiger partial charge in [-0.2, -0.15) is 0 Å². The fourth-order valence-corrected chi connectivity index (χ4v) is 13.0. The Morgan fingerprint density at radius 1 is 0.488 bits per heavy atom. The van der Waals surface area contributed by atoms with E-state index in [0.717, 1.165) is 54.5 Å². The van der Waals surface area contributed by atoms with Crippen LogP contribution in [0.25, 0.3) is 0 Å². The molecule has 0 saturated heterocycles. The highest BCUT2D eigenvalue weighted by atomic mass is 32.2. The molecule has 41 heavy (non-hydrogen) atoms. The van der Waals surface area contributed by atoms with Crippen LogP contribution in [0.2, 0.25) is 0 Å². The van der Waals surface area contributed by atoms with Gasteiger partial charge in [-0.1, -0.05) is 145 Å². The zero-order valence-electron chi connectivity index (χ0n) is 22.5. The van der Waals surface area contributed by atoms with E-state index < -0.39 is 14.3 Å². The summed E-state index contributed by atoms with van der Waals surface area (Å²) < 4.78 is 30.6. The number of hydrogen-bond acceptors (Lipinski definition) is 3. The van der Waals surface area contributed by atoms with E-state index in [0.29, 0.717) is 0 Å². The molecule has 0 saturated carbocycles. The third-order valence-electron chi connectivity index (χ3n) is 7.38. The van der Waals surface area contributed by atoms with E-state index in [1.165, 1.54) is 0 Å². The highest BCUT2D eigenvalue weighted by molar-refractivity contribution is 8.01. The minimum atomic E-state index is -3.20. The van der Waals surface area contributed by atoms with E-state index in [-0.39, 0.29) is 0 Å². The summed E-state index contributed by atoms with van der Waals surface area (Å²) in [6, 6.07) is 45.3. The van der Waals surface area contributed by atoms with Crippen molar-refractivity contribution in [2.45, 2.75) is 22.6 Å². The van der Waals surface area contributed by atoms with Crippen LogP contribution in [-0.2, 0) is 9.13 Å². The summed E-state index contributed by atoms with van der Waals surface area (Å²) in [6.45, 7) is 0. The average Bonchev–Trinajstić information content (AvgIpc) is 3.06. The van der Waals surface area contributed by atoms with Gasteiger partial charge in [-0.15, -0.1) is 0 Å². The monoisotopic (exact) mass is 588 g/mol. The first-order chi connectivity index (χ1) is 20.1. The largest absolute Gasteiger partial charge is 0.309 e. The number of hydrogen-bond donors (Lipinski definition) is 0. The second-order valence-corrected chi connectivity index (χ2v) is 16.5. The molecular formula is C36H30O2P2S. The van der Waals surface area contributed by atoms with Crippen molar-refractivity contribution >= 4 is 52.6 Å². The molecule has 0 bridgehead atoms. The van der Waals surface area contributed by atoms with E-state index >= 15 is 9.13 Å². The van der Waals surface area contributed by atoms with E-state index in [1.54, 1.807) is 11.8 Å². The lowest BCUT2D eigenvalue weighted by Crippen LogP contribution is -2.26. The van der Waals surface area contributed by atoms with Crippen molar-refractivity contribution in [3.8, 4) is 0 Å². The van der Waals surface area contributed by atoms with Gasteiger partial charge in [0.2, 0.25) is 0 Å². The first-order valence-corrected chi connectivity index (χ1v) is 17.9. The zero-order valence-corrected chi connectivity index (χ0v) is 25.1. The fraction of sp³-hybridized carbons (Fsp3) is 0.0556. The van der Waals surface area contributed by atoms with Crippen molar-refractivity contribution in [3.05, 3.63) is 163 Å². The van der Waals surface area contributed by atoms with Gasteiger partial charge in [0.05, 0.1) is 0 Å². The summed E-state index contributed by atoms with van der Waals surface area (Å²) in [6.07, 6.45) is 7.81. The van der Waals surface area contributed by atoms with Gasteiger partial charge in [-0.3, -0.25) is 0 Å². The molecule has 0 fully saturated rings. The molecule has 0 N–H and O–H groups in total. The van der Waals surface area contributed by atoms with Crippen LogP contribution < -0.4 is 26.5 Å². The summed E-state index contributed by atoms with van der Waals surface area (Å²) in [5, 5.41) is 4.99. The van der Waals surface area contributed by atoms with Crippen molar-refractivity contribution in [1.29, 1.82) is 0 Å². The van der Waals surface area contributed by atoms with Crippen molar-refractivity contribution in [2.24, 2.45) is 0 Å². The average molecular weight is 589 g/mol. The zero-order chi connectivity index (χ0) is 28.1. The van der Waals surface area contributed by atoms with Crippen molar-refractivity contribution in [2.75, 3.05) is 0 Å². The summed E-state index contributed by atoms with van der Waals surface area (Å²) >= 11 is 1.55. The van der Waals surface area contributed by atoms with Crippen LogP contribution in [0.5, 0.6) is 0 Å². The Morgan fingerprint density at radius 2 is 0.902 bits per heavy atom. The first kappa shape index (κ1) is 27.6. The minimum absolute atomic E-state index is 0.759. The number of rotatable bonds is 8. The summed E-state index contributed by atoms with van der Waals surface area (Å²) in [7, 11) is -6.33. The minimum Gasteiger partial charge on any atom is -0.309 e. The molecule has 1 unspecified atom stereocenters. The Kier molecular flexibility index (Phi) is 8.13. The maximum atomic E-state index is 15.3. The maximum Gasteiger partial charge on any atom is 0.172 e. The molecule has 0 radical (unpaired) electrons. The Bertz CT molecular complexity index is 1770. The number of allylic oxidation sites excluding steroid dienone is 4. The van der Waals surface area contributed by atoms with Gasteiger partial charge in [-0.05, 0) is 42.4 Å². The lowest BCUT2D eigenvalue weighted by Gasteiger charge is -2.26. The number of benzene rings is 5. The molecule has 1 atom stereocenters. The molecule has 0 aromatic heterocycles. The van der Waals surface area contributed by atoms with Crippen molar-refractivity contribution in [3.63, 3.8) is 0 Å². The summed E-state index contributed by atoms with van der Waals surface area (Å²) in [4.78, 5) is 1.81. The molecule has 0 amide bonds. The van der Waals surface area contributed by atoms with E-state index in [9.17, 15) is 0 Å². The van der Waals surface area contributed by atoms with Gasteiger partial charge < -0.3 is 9.13 Å². The molecule has 0 aliphatic heterocycles. The quantitative estimate of drug-likeness (QED) is 0.172. The van der Waals surface area contributed by atoms with Crippen LogP contribution in [0.3, 0.4) is 0 Å². The lowest BCUT2D eigenvalue weighted by atomic mass is 10.2. The highest BCUT2D eigenvalue weighted by Gasteiger charge is 2.35. The van der Waals surface area contributed by atoms with Gasteiger partial charge in [0, 0.05) is 36.3 Å². The molecule has 0 heterocycles. The second kappa shape index (κ2) is 12.1. The standard InChI is InChI=1S/C36H30O2P2S/c37-39(29-17-5-1-6-18-29,30-19-7-2-8-20-30)33-25-13-15-27-35(33)41-36-28-16-14-26-34(36)40(38,31-21-9-3-10-22-31)32-23-11-4-12-24-32/h1-11,13-23,25-28H,12,24H2. The van der Waals surface area contributed by atoms with Crippen LogP contribution in [-0.4, -0.2) is 0 Å². The Morgan fingerprint density at radius 3 is 1.37 bits per heavy atom. The van der Waals surface area contributed by atoms with Crippen LogP contribution in [0.4, 0.5) is 0 Å². The molecular weight excluding hydrogens is 558 g/mol. The lowest BCUT2D eigenvalue weighted by molar-refractivity contribution is 0.589. The molecule has 1 aliphatic rings. The third kappa shape index (κ3) is 5.27. The maximum absolute atomic E-state index is 15.3. The molecule has 5 aromatic rings. The summed E-state index contributed by atoms with van der Waals surface area (Å²) in [5.41, 5.74) is 0. The Hall–Kier alpha value is -3.61. The van der Waals surface area contributed by atoms with Gasteiger partial charge >= 0.3 is 0 Å². The van der Waals surface area contributed by atoms with Crippen molar-refractivity contribution in [1.82, 2.24) is 0 Å². The molecule has 2 nitrogen and oxygen atoms in total. The van der Waals surface area contributed by atoms with E-state index in [4.69, 9.17) is 0 Å². The van der Waals surface area contributed by atoms with Crippen LogP contribution in [0.1, 0.15) is 12.8 Å². The van der Waals surface area contributed by atoms with Crippen LogP contribution in [0.15, 0.2) is 173 Å². The molecule has 0 spiro atoms. The van der Waals surface area contributed by atoms with Crippen LogP contribution in [0, 0.1) is 0 Å². The summed E-state index contributed by atoms with van der Waals surface area (Å²) in [5.74, 6) is 0. The second-order valence-electron chi connectivity index (χ2n) is 9.89. The first-order valence-electron chi connectivity index (χ1n) is 13.7. The van der Waals surface area contributed by atoms with Gasteiger partial charge in [-0.25, -0.2) is 0 Å². The molecule has 5 aromatic carbocycles. The molecule has 1 aliphatic carbocycles. The SMILES string of the molecule is O=P(C1=CC=CCC1)(c1ccccc1)c1ccccc1Sc1ccccc1P(=O)(c1ccccc1)c1ccccc1. The van der Waals surface area contributed by atoms with Gasteiger partial charge in [0.15, 0.2) is 14.3 Å². The topological polar surface area (TPSA) is 34.1 Å². The Labute approximate surface area is 246 Å². The molecule has 202 valence electrons. The molecule has 6 rings (SSSR count). The Balaban J connectivity index is 1.53. The van der Waals surface area contributed by atoms with E-state index in [1.807, 2.05) is 152 Å². The predicted octanol–water partition coefficient (Wildman–Crippen LogP) is 8.03. The third-order valence-corrected chi connectivity index (χ3v) is 15.2. The van der Waals surface area contributed by atoms with Crippen molar-refractivity contribution < 1.29 is 9.13 Å².